The van der Waals surface area contributed by atoms with E-state index in [1.54, 1.807) is 0 Å². The number of amides is 1. The fraction of sp³-hybridized carbons (Fsp3) is 0.710. The number of benzene rings is 1. The molecule has 1 aromatic carbocycles. The Morgan fingerprint density at radius 1 is 1.26 bits per heavy atom. The van der Waals surface area contributed by atoms with Crippen molar-refractivity contribution in [3.63, 3.8) is 0 Å². The number of carbonyl (C=O) groups is 1. The van der Waals surface area contributed by atoms with Gasteiger partial charge in [0, 0.05) is 37.0 Å². The minimum atomic E-state index is -0.501. The fourth-order valence-electron chi connectivity index (χ4n) is 6.01. The van der Waals surface area contributed by atoms with Gasteiger partial charge in [0.2, 0.25) is 0 Å². The van der Waals surface area contributed by atoms with Crippen LogP contribution in [0.15, 0.2) is 29.8 Å². The number of likely N-dealkylation sites (tertiary alicyclic amines) is 1. The van der Waals surface area contributed by atoms with Crippen molar-refractivity contribution in [3.05, 3.63) is 35.4 Å². The molecule has 1 aromatic rings. The summed E-state index contributed by atoms with van der Waals surface area (Å²) in [7, 11) is 4.09. The highest BCUT2D eigenvalue weighted by atomic mass is 16.6. The Kier molecular flexibility index (Phi) is 8.68. The quantitative estimate of drug-likeness (QED) is 0.391. The van der Waals surface area contributed by atoms with Gasteiger partial charge in [0.05, 0.1) is 12.2 Å². The minimum Gasteiger partial charge on any atom is -0.488 e. The maximum absolute atomic E-state index is 12.8. The first kappa shape index (κ1) is 28.8. The highest BCUT2D eigenvalue weighted by Gasteiger charge is 2.54. The first-order chi connectivity index (χ1) is 17.9. The summed E-state index contributed by atoms with van der Waals surface area (Å²) in [6.07, 6.45) is 5.72. The molecule has 7 heteroatoms. The van der Waals surface area contributed by atoms with Crippen LogP contribution in [0.5, 0.6) is 11.5 Å². The molecular weight excluding hydrogens is 480 g/mol. The molecule has 0 saturated carbocycles. The number of para-hydroxylation sites is 1. The summed E-state index contributed by atoms with van der Waals surface area (Å²) in [5, 5.41) is 0. The second kappa shape index (κ2) is 11.5. The second-order valence-corrected chi connectivity index (χ2v) is 13.0. The Labute approximate surface area is 229 Å². The third-order valence-corrected chi connectivity index (χ3v) is 7.98. The molecule has 2 saturated heterocycles. The van der Waals surface area contributed by atoms with Gasteiger partial charge in [-0.15, -0.1) is 0 Å². The van der Waals surface area contributed by atoms with Crippen LogP contribution in [0, 0.1) is 11.8 Å². The van der Waals surface area contributed by atoms with Crippen molar-refractivity contribution in [3.8, 4) is 11.5 Å². The van der Waals surface area contributed by atoms with Gasteiger partial charge >= 0.3 is 6.09 Å². The highest BCUT2D eigenvalue weighted by Crippen LogP contribution is 2.56. The largest absolute Gasteiger partial charge is 0.488 e. The van der Waals surface area contributed by atoms with E-state index in [4.69, 9.17) is 18.9 Å². The lowest BCUT2D eigenvalue weighted by atomic mass is 9.68. The first-order valence-corrected chi connectivity index (χ1v) is 14.2. The number of rotatable bonds is 7. The zero-order chi connectivity index (χ0) is 27.7. The first-order valence-electron chi connectivity index (χ1n) is 14.2. The van der Waals surface area contributed by atoms with Crippen LogP contribution in [0.1, 0.15) is 78.9 Å². The Bertz CT molecular complexity index is 1010. The highest BCUT2D eigenvalue weighted by molar-refractivity contribution is 5.68. The molecule has 7 nitrogen and oxygen atoms in total. The zero-order valence-electron chi connectivity index (χ0n) is 24.7. The van der Waals surface area contributed by atoms with Crippen LogP contribution in [0.4, 0.5) is 4.79 Å². The number of hydrogen-bond donors (Lipinski definition) is 0. The lowest BCUT2D eigenvalue weighted by Crippen LogP contribution is -2.57. The van der Waals surface area contributed by atoms with Gasteiger partial charge in [-0.3, -0.25) is 0 Å². The van der Waals surface area contributed by atoms with Crippen LogP contribution in [-0.2, 0) is 9.47 Å². The number of piperidine rings is 1. The van der Waals surface area contributed by atoms with Crippen molar-refractivity contribution in [2.75, 3.05) is 40.3 Å². The van der Waals surface area contributed by atoms with Gasteiger partial charge in [-0.2, -0.15) is 0 Å². The summed E-state index contributed by atoms with van der Waals surface area (Å²) < 4.78 is 25.8. The number of hydrogen-bond acceptors (Lipinski definition) is 6. The third kappa shape index (κ3) is 6.66. The summed E-state index contributed by atoms with van der Waals surface area (Å²) >= 11 is 0. The number of carbonyl (C=O) groups excluding carboxylic acids is 1. The summed E-state index contributed by atoms with van der Waals surface area (Å²) in [6, 6.07) is 6.20. The number of likely N-dealkylation sites (N-methyl/N-ethyl adjacent to an activating group) is 1. The molecular formula is C31H48N2O5. The normalized spacial score (nSPS) is 28.5. The Hall–Kier alpha value is -2.25. The molecule has 0 aliphatic carbocycles. The van der Waals surface area contributed by atoms with Crippen molar-refractivity contribution < 1.29 is 23.7 Å². The van der Waals surface area contributed by atoms with Crippen molar-refractivity contribution in [2.45, 2.75) is 90.6 Å². The molecule has 0 unspecified atom stereocenters. The molecule has 0 bridgehead atoms. The third-order valence-electron chi connectivity index (χ3n) is 7.98. The van der Waals surface area contributed by atoms with E-state index in [0.29, 0.717) is 19.7 Å². The van der Waals surface area contributed by atoms with Crippen LogP contribution in [0.3, 0.4) is 0 Å². The van der Waals surface area contributed by atoms with Crippen LogP contribution in [0.2, 0.25) is 0 Å². The predicted octanol–water partition coefficient (Wildman–Crippen LogP) is 6.23. The predicted molar refractivity (Wildman–Crippen MR) is 150 cm³/mol. The van der Waals surface area contributed by atoms with E-state index in [9.17, 15) is 4.79 Å². The lowest BCUT2D eigenvalue weighted by Gasteiger charge is -2.54. The van der Waals surface area contributed by atoms with Crippen molar-refractivity contribution in [1.29, 1.82) is 0 Å². The van der Waals surface area contributed by atoms with Crippen molar-refractivity contribution in [1.82, 2.24) is 9.80 Å². The van der Waals surface area contributed by atoms with E-state index < -0.39 is 11.2 Å². The minimum absolute atomic E-state index is 0.0535. The molecule has 0 aromatic heterocycles. The number of fused-ring (bicyclic) bond motifs is 4. The fourth-order valence-corrected chi connectivity index (χ4v) is 6.01. The maximum atomic E-state index is 12.8. The molecule has 38 heavy (non-hydrogen) atoms. The molecule has 5 atom stereocenters. The van der Waals surface area contributed by atoms with Gasteiger partial charge in [0.1, 0.15) is 17.8 Å². The summed E-state index contributed by atoms with van der Waals surface area (Å²) in [6.45, 7) is 15.0. The smallest absolute Gasteiger partial charge is 0.410 e. The van der Waals surface area contributed by atoms with E-state index in [-0.39, 0.29) is 30.1 Å². The molecule has 0 radical (unpaired) electrons. The molecule has 3 aliphatic rings. The topological polar surface area (TPSA) is 60.5 Å². The molecule has 0 N–H and O–H groups in total. The molecule has 0 spiro atoms. The monoisotopic (exact) mass is 528 g/mol. The van der Waals surface area contributed by atoms with E-state index in [0.717, 1.165) is 49.3 Å². The van der Waals surface area contributed by atoms with Gasteiger partial charge in [-0.25, -0.2) is 4.79 Å². The van der Waals surface area contributed by atoms with Crippen molar-refractivity contribution in [2.24, 2.45) is 11.8 Å². The molecule has 2 fully saturated rings. The van der Waals surface area contributed by atoms with E-state index >= 15 is 0 Å². The van der Waals surface area contributed by atoms with Gasteiger partial charge < -0.3 is 28.7 Å². The maximum Gasteiger partial charge on any atom is 0.410 e. The number of ether oxygens (including phenoxy) is 4. The second-order valence-electron chi connectivity index (χ2n) is 13.0. The molecule has 3 aliphatic heterocycles. The summed E-state index contributed by atoms with van der Waals surface area (Å²) in [5.41, 5.74) is 1.49. The average Bonchev–Trinajstić information content (AvgIpc) is 2.82. The van der Waals surface area contributed by atoms with Crippen LogP contribution in [0.25, 0.3) is 0 Å². The Balaban J connectivity index is 1.60. The lowest BCUT2D eigenvalue weighted by molar-refractivity contribution is -0.191. The van der Waals surface area contributed by atoms with Crippen LogP contribution >= 0.6 is 0 Å². The van der Waals surface area contributed by atoms with Gasteiger partial charge in [0.15, 0.2) is 11.5 Å². The summed E-state index contributed by atoms with van der Waals surface area (Å²) in [5.74, 6) is 2.06. The summed E-state index contributed by atoms with van der Waals surface area (Å²) in [4.78, 5) is 16.8. The van der Waals surface area contributed by atoms with Crippen molar-refractivity contribution >= 4 is 6.09 Å². The Morgan fingerprint density at radius 2 is 2.03 bits per heavy atom. The number of nitrogens with zero attached hydrogens (tertiary/aromatic N) is 2. The van der Waals surface area contributed by atoms with Gasteiger partial charge in [-0.05, 0) is 87.4 Å². The SMILES string of the molecule is CC(C)=CCC[C@@]1(C)Oc2c(OCCN(C)C)cccc2[C@H]2O[C@H]3CCN(C(=O)OC(C)(C)C)C[C@@H]3C[C@@H]21. The average molecular weight is 529 g/mol. The van der Waals surface area contributed by atoms with Gasteiger partial charge in [-0.1, -0.05) is 23.8 Å². The van der Waals surface area contributed by atoms with Crippen LogP contribution in [-0.4, -0.2) is 73.5 Å². The standard InChI is InChI=1S/C31H48N2O5/c1-21(2)11-10-15-31(6)24-19-22-20-33(29(34)38-30(3,4)5)16-14-25(22)36-27(24)23-12-9-13-26(28(23)37-31)35-18-17-32(7)8/h9,11-13,22,24-25,27H,10,14-20H2,1-8H3/t22-,24-,25-,27+,31+/m0/s1. The van der Waals surface area contributed by atoms with Gasteiger partial charge in [0.25, 0.3) is 0 Å². The number of allylic oxidation sites excluding steroid dienone is 2. The van der Waals surface area contributed by atoms with Crippen LogP contribution < -0.4 is 9.47 Å². The van der Waals surface area contributed by atoms with E-state index in [1.807, 2.05) is 45.8 Å². The van der Waals surface area contributed by atoms with E-state index in [2.05, 4.69) is 43.9 Å². The molecule has 1 amide bonds. The molecule has 212 valence electrons. The molecule has 4 rings (SSSR count). The van der Waals surface area contributed by atoms with E-state index in [1.165, 1.54) is 5.57 Å². The zero-order valence-corrected chi connectivity index (χ0v) is 24.7. The molecule has 3 heterocycles. The Morgan fingerprint density at radius 3 is 2.71 bits per heavy atom.